The number of hydrogen-bond acceptors (Lipinski definition) is 3. The van der Waals surface area contributed by atoms with E-state index in [1.165, 1.54) is 11.1 Å². The van der Waals surface area contributed by atoms with E-state index in [2.05, 4.69) is 24.3 Å². The van der Waals surface area contributed by atoms with Gasteiger partial charge in [0, 0.05) is 0 Å². The number of allylic oxidation sites excluding steroid dienone is 1. The molecule has 0 N–H and O–H groups in total. The van der Waals surface area contributed by atoms with E-state index >= 15 is 0 Å². The first kappa shape index (κ1) is 13.8. The summed E-state index contributed by atoms with van der Waals surface area (Å²) < 4.78 is 17.0. The van der Waals surface area contributed by atoms with E-state index in [1.54, 1.807) is 0 Å². The number of fused-ring (bicyclic) bond motifs is 1. The van der Waals surface area contributed by atoms with Crippen molar-refractivity contribution in [3.05, 3.63) is 47.1 Å². The third kappa shape index (κ3) is 2.86. The van der Waals surface area contributed by atoms with Crippen LogP contribution in [0.1, 0.15) is 37.8 Å². The third-order valence-corrected chi connectivity index (χ3v) is 3.22. The Balaban J connectivity index is 2.28. The molecule has 19 heavy (non-hydrogen) atoms. The van der Waals surface area contributed by atoms with Crippen LogP contribution in [0.3, 0.4) is 0 Å². The molecule has 1 aliphatic carbocycles. The van der Waals surface area contributed by atoms with Gasteiger partial charge in [0.05, 0.1) is 25.7 Å². The molecule has 0 amide bonds. The molecule has 1 aromatic carbocycles. The molecule has 0 fully saturated rings. The van der Waals surface area contributed by atoms with Crippen LogP contribution < -0.4 is 0 Å². The molecule has 0 saturated heterocycles. The van der Waals surface area contributed by atoms with Gasteiger partial charge in [-0.25, -0.2) is 0 Å². The molecule has 0 spiro atoms. The monoisotopic (exact) mass is 262 g/mol. The summed E-state index contributed by atoms with van der Waals surface area (Å²) in [6, 6.07) is 8.45. The Kier molecular flexibility index (Phi) is 4.72. The van der Waals surface area contributed by atoms with Gasteiger partial charge in [-0.2, -0.15) is 0 Å². The summed E-state index contributed by atoms with van der Waals surface area (Å²) in [6.07, 6.45) is 0.995. The Morgan fingerprint density at radius 1 is 1.00 bits per heavy atom. The molecule has 3 nitrogen and oxygen atoms in total. The molecular weight excluding hydrogens is 240 g/mol. The van der Waals surface area contributed by atoms with Crippen LogP contribution in [0.4, 0.5) is 0 Å². The van der Waals surface area contributed by atoms with Crippen molar-refractivity contribution in [2.75, 3.05) is 19.8 Å². The van der Waals surface area contributed by atoms with Crippen LogP contribution in [0.15, 0.2) is 36.0 Å². The fourth-order valence-electron chi connectivity index (χ4n) is 2.40. The van der Waals surface area contributed by atoms with E-state index < -0.39 is 0 Å². The smallest absolute Gasteiger partial charge is 0.319 e. The first-order valence-corrected chi connectivity index (χ1v) is 7.02. The normalized spacial score (nSPS) is 16.1. The zero-order valence-electron chi connectivity index (χ0n) is 11.9. The summed E-state index contributed by atoms with van der Waals surface area (Å²) in [4.78, 5) is 0. The SMILES string of the molecule is CCOC(OCC)=C(OCC)C1Cc2ccccc21. The molecule has 1 aromatic rings. The first-order chi connectivity index (χ1) is 9.31. The second kappa shape index (κ2) is 6.50. The molecule has 1 atom stereocenters. The molecule has 0 bridgehead atoms. The van der Waals surface area contributed by atoms with Gasteiger partial charge in [0.2, 0.25) is 0 Å². The minimum Gasteiger partial charge on any atom is -0.490 e. The number of hydrogen-bond donors (Lipinski definition) is 0. The van der Waals surface area contributed by atoms with E-state index in [9.17, 15) is 0 Å². The highest BCUT2D eigenvalue weighted by atomic mass is 16.7. The van der Waals surface area contributed by atoms with Gasteiger partial charge < -0.3 is 14.2 Å². The maximum Gasteiger partial charge on any atom is 0.319 e. The van der Waals surface area contributed by atoms with Gasteiger partial charge in [0.25, 0.3) is 0 Å². The molecular formula is C16H22O3. The van der Waals surface area contributed by atoms with Crippen LogP contribution in [-0.2, 0) is 20.6 Å². The standard InChI is InChI=1S/C16H22O3/c1-4-17-15(16(18-5-2)19-6-3)14-11-12-9-7-8-10-13(12)14/h7-10,14H,4-6,11H2,1-3H3. The highest BCUT2D eigenvalue weighted by molar-refractivity contribution is 5.44. The van der Waals surface area contributed by atoms with Crippen LogP contribution in [0.5, 0.6) is 0 Å². The highest BCUT2D eigenvalue weighted by Crippen LogP contribution is 2.41. The van der Waals surface area contributed by atoms with Crippen LogP contribution >= 0.6 is 0 Å². The van der Waals surface area contributed by atoms with Crippen molar-refractivity contribution in [1.82, 2.24) is 0 Å². The van der Waals surface area contributed by atoms with Crippen molar-refractivity contribution in [2.24, 2.45) is 0 Å². The second-order valence-corrected chi connectivity index (χ2v) is 4.41. The van der Waals surface area contributed by atoms with Crippen molar-refractivity contribution in [3.8, 4) is 0 Å². The molecule has 2 rings (SSSR count). The molecule has 3 heteroatoms. The summed E-state index contributed by atoms with van der Waals surface area (Å²) in [7, 11) is 0. The fraction of sp³-hybridized carbons (Fsp3) is 0.500. The molecule has 0 saturated carbocycles. The average molecular weight is 262 g/mol. The van der Waals surface area contributed by atoms with Gasteiger partial charge in [-0.05, 0) is 38.3 Å². The molecule has 0 radical (unpaired) electrons. The van der Waals surface area contributed by atoms with Gasteiger partial charge in [0.15, 0.2) is 5.76 Å². The van der Waals surface area contributed by atoms with Crippen molar-refractivity contribution in [3.63, 3.8) is 0 Å². The zero-order valence-corrected chi connectivity index (χ0v) is 11.9. The summed E-state index contributed by atoms with van der Waals surface area (Å²) in [5, 5.41) is 0. The predicted octanol–water partition coefficient (Wildman–Crippen LogP) is 3.60. The summed E-state index contributed by atoms with van der Waals surface area (Å²) in [6.45, 7) is 7.69. The minimum absolute atomic E-state index is 0.268. The number of ether oxygens (including phenoxy) is 3. The molecule has 0 aliphatic heterocycles. The quantitative estimate of drug-likeness (QED) is 0.703. The van der Waals surface area contributed by atoms with Crippen molar-refractivity contribution >= 4 is 0 Å². The molecule has 0 aromatic heterocycles. The lowest BCUT2D eigenvalue weighted by atomic mass is 9.76. The van der Waals surface area contributed by atoms with Crippen molar-refractivity contribution < 1.29 is 14.2 Å². The first-order valence-electron chi connectivity index (χ1n) is 7.02. The van der Waals surface area contributed by atoms with Gasteiger partial charge in [-0.15, -0.1) is 0 Å². The molecule has 104 valence electrons. The maximum absolute atomic E-state index is 5.80. The summed E-state index contributed by atoms with van der Waals surface area (Å²) in [5.74, 6) is 1.65. The largest absolute Gasteiger partial charge is 0.490 e. The van der Waals surface area contributed by atoms with E-state index in [0.29, 0.717) is 25.8 Å². The fourth-order valence-corrected chi connectivity index (χ4v) is 2.40. The van der Waals surface area contributed by atoms with Gasteiger partial charge in [-0.3, -0.25) is 0 Å². The van der Waals surface area contributed by atoms with E-state index in [1.807, 2.05) is 20.8 Å². The Bertz CT molecular complexity index is 443. The van der Waals surface area contributed by atoms with Crippen molar-refractivity contribution in [2.45, 2.75) is 33.1 Å². The lowest BCUT2D eigenvalue weighted by Gasteiger charge is -2.32. The van der Waals surface area contributed by atoms with Gasteiger partial charge in [0.1, 0.15) is 0 Å². The molecule has 0 heterocycles. The highest BCUT2D eigenvalue weighted by Gasteiger charge is 2.33. The maximum atomic E-state index is 5.80. The summed E-state index contributed by atoms with van der Waals surface area (Å²) >= 11 is 0. The van der Waals surface area contributed by atoms with Crippen LogP contribution in [0.25, 0.3) is 0 Å². The summed E-state index contributed by atoms with van der Waals surface area (Å²) in [5.41, 5.74) is 2.71. The Hall–Kier alpha value is -1.64. The lowest BCUT2D eigenvalue weighted by Crippen LogP contribution is -2.23. The van der Waals surface area contributed by atoms with Crippen LogP contribution in [0.2, 0.25) is 0 Å². The number of rotatable bonds is 7. The average Bonchev–Trinajstić information content (AvgIpc) is 2.39. The van der Waals surface area contributed by atoms with Crippen LogP contribution in [0, 0.1) is 0 Å². The number of benzene rings is 1. The molecule has 1 unspecified atom stereocenters. The van der Waals surface area contributed by atoms with Gasteiger partial charge >= 0.3 is 5.95 Å². The second-order valence-electron chi connectivity index (χ2n) is 4.41. The predicted molar refractivity (Wildman–Crippen MR) is 74.8 cm³/mol. The topological polar surface area (TPSA) is 27.7 Å². The molecule has 1 aliphatic rings. The Morgan fingerprint density at radius 3 is 2.21 bits per heavy atom. The Morgan fingerprint density at radius 2 is 1.63 bits per heavy atom. The third-order valence-electron chi connectivity index (χ3n) is 3.22. The van der Waals surface area contributed by atoms with Gasteiger partial charge in [-0.1, -0.05) is 24.3 Å². The van der Waals surface area contributed by atoms with E-state index in [4.69, 9.17) is 14.2 Å². The Labute approximate surface area is 115 Å². The minimum atomic E-state index is 0.268. The lowest BCUT2D eigenvalue weighted by molar-refractivity contribution is 0.0174. The van der Waals surface area contributed by atoms with Crippen molar-refractivity contribution in [1.29, 1.82) is 0 Å². The zero-order chi connectivity index (χ0) is 13.7. The van der Waals surface area contributed by atoms with E-state index in [0.717, 1.165) is 12.2 Å². The van der Waals surface area contributed by atoms with E-state index in [-0.39, 0.29) is 5.92 Å². The van der Waals surface area contributed by atoms with Crippen LogP contribution in [-0.4, -0.2) is 19.8 Å².